The summed E-state index contributed by atoms with van der Waals surface area (Å²) < 4.78 is 0. The van der Waals surface area contributed by atoms with Gasteiger partial charge in [-0.1, -0.05) is 80.4 Å². The predicted molar refractivity (Wildman–Crippen MR) is 99.5 cm³/mol. The third-order valence-electron chi connectivity index (χ3n) is 5.02. The maximum Gasteiger partial charge on any atom is 4.00 e. The van der Waals surface area contributed by atoms with Gasteiger partial charge in [0.05, 0.1) is 0 Å². The van der Waals surface area contributed by atoms with Crippen LogP contribution in [0.1, 0.15) is 50.4 Å². The quantitative estimate of drug-likeness (QED) is 0.295. The summed E-state index contributed by atoms with van der Waals surface area (Å²) in [5, 5.41) is 0. The zero-order valence-corrected chi connectivity index (χ0v) is 20.2. The van der Waals surface area contributed by atoms with Crippen LogP contribution in [0.15, 0.2) is 54.6 Å². The van der Waals surface area contributed by atoms with Gasteiger partial charge in [-0.15, -0.1) is 5.56 Å². The molecule has 0 unspecified atom stereocenters. The van der Waals surface area contributed by atoms with Crippen LogP contribution in [-0.4, -0.2) is 0 Å². The minimum Gasteiger partial charge on any atom is -1.00 e. The number of benzene rings is 2. The van der Waals surface area contributed by atoms with Gasteiger partial charge in [-0.05, 0) is 30.9 Å². The first-order valence-electron chi connectivity index (χ1n) is 8.34. The van der Waals surface area contributed by atoms with Crippen molar-refractivity contribution in [2.24, 2.45) is 0 Å². The fraction of sp³-hybridized carbons (Fsp3) is 0.261. The molecule has 0 spiro atoms. The molecule has 0 amide bonds. The summed E-state index contributed by atoms with van der Waals surface area (Å²) in [5.74, 6) is 0.308. The summed E-state index contributed by atoms with van der Waals surface area (Å²) >= 11 is 0. The van der Waals surface area contributed by atoms with E-state index in [1.807, 2.05) is 0 Å². The maximum absolute atomic E-state index is 2.38. The molecular formula is C23H25Cl3Ti. The monoisotopic (exact) mass is 454 g/mol. The predicted octanol–water partition coefficient (Wildman–Crippen LogP) is -2.86. The number of halogens is 3. The van der Waals surface area contributed by atoms with Gasteiger partial charge >= 0.3 is 21.7 Å². The topological polar surface area (TPSA) is 0 Å². The summed E-state index contributed by atoms with van der Waals surface area (Å²) in [6.45, 7) is 11.1. The second-order valence-corrected chi connectivity index (χ2v) is 6.79. The number of hydrogen-bond acceptors (Lipinski definition) is 0. The van der Waals surface area contributed by atoms with Gasteiger partial charge in [0.15, 0.2) is 0 Å². The van der Waals surface area contributed by atoms with Crippen LogP contribution < -0.4 is 37.2 Å². The van der Waals surface area contributed by atoms with Crippen molar-refractivity contribution in [2.45, 2.75) is 40.5 Å². The maximum atomic E-state index is 2.38. The van der Waals surface area contributed by atoms with Crippen LogP contribution in [0.25, 0.3) is 0 Å². The molecule has 0 radical (unpaired) electrons. The molecule has 0 nitrogen and oxygen atoms in total. The van der Waals surface area contributed by atoms with E-state index in [-0.39, 0.29) is 58.9 Å². The second kappa shape index (κ2) is 12.0. The summed E-state index contributed by atoms with van der Waals surface area (Å²) in [6, 6.07) is 20.2. The Morgan fingerprint density at radius 3 is 1.48 bits per heavy atom. The van der Waals surface area contributed by atoms with E-state index in [9.17, 15) is 0 Å². The van der Waals surface area contributed by atoms with E-state index < -0.39 is 0 Å². The fourth-order valence-corrected chi connectivity index (χ4v) is 3.51. The van der Waals surface area contributed by atoms with Crippen molar-refractivity contribution in [1.82, 2.24) is 0 Å². The zero-order valence-electron chi connectivity index (χ0n) is 16.4. The molecule has 3 aromatic carbocycles. The summed E-state index contributed by atoms with van der Waals surface area (Å²) in [7, 11) is 0. The third kappa shape index (κ3) is 6.18. The summed E-state index contributed by atoms with van der Waals surface area (Å²) in [5.41, 5.74) is 11.1. The molecule has 0 heterocycles. The summed E-state index contributed by atoms with van der Waals surface area (Å²) in [6.07, 6.45) is 0. The molecule has 0 fully saturated rings. The minimum atomic E-state index is 0. The molecule has 3 aromatic rings. The molecule has 0 saturated heterocycles. The molecule has 0 aromatic heterocycles. The minimum absolute atomic E-state index is 0. The van der Waals surface area contributed by atoms with E-state index in [4.69, 9.17) is 0 Å². The Balaban J connectivity index is 0. The third-order valence-corrected chi connectivity index (χ3v) is 5.02. The van der Waals surface area contributed by atoms with Gasteiger partial charge < -0.3 is 37.2 Å². The van der Waals surface area contributed by atoms with Crippen molar-refractivity contribution in [3.05, 3.63) is 99.1 Å². The van der Waals surface area contributed by atoms with Crippen LogP contribution in [0, 0.1) is 34.6 Å². The molecule has 27 heavy (non-hydrogen) atoms. The van der Waals surface area contributed by atoms with Crippen LogP contribution in [0.5, 0.6) is 0 Å². The van der Waals surface area contributed by atoms with E-state index in [0.717, 1.165) is 0 Å². The number of hydrogen-bond donors (Lipinski definition) is 0. The van der Waals surface area contributed by atoms with Crippen LogP contribution >= 0.6 is 0 Å². The van der Waals surface area contributed by atoms with Crippen LogP contribution in [0.2, 0.25) is 0 Å². The molecule has 3 rings (SSSR count). The standard InChI is InChI=1S/C23H25.3ClH.Ti/c1-15-8-6-10-20(12-15)23(21-11-7-9-16(2)13-21)22-14-17(3)18(4)19(22)5;;;;/h6-14,23H,1-5H3;3*1H;/q-1;;;;+4/p-3. The van der Waals surface area contributed by atoms with Gasteiger partial charge in [-0.3, -0.25) is 0 Å². The van der Waals surface area contributed by atoms with Crippen molar-refractivity contribution in [2.75, 3.05) is 0 Å². The average molecular weight is 456 g/mol. The molecule has 0 saturated carbocycles. The van der Waals surface area contributed by atoms with Crippen molar-refractivity contribution in [3.8, 4) is 0 Å². The molecule has 142 valence electrons. The zero-order chi connectivity index (χ0) is 16.6. The van der Waals surface area contributed by atoms with Crippen molar-refractivity contribution in [1.29, 1.82) is 0 Å². The van der Waals surface area contributed by atoms with Crippen molar-refractivity contribution in [3.63, 3.8) is 0 Å². The van der Waals surface area contributed by atoms with Crippen LogP contribution in [0.4, 0.5) is 0 Å². The SMILES string of the molecule is Cc1cccc(C(c2cccc(C)c2)[c-]2cc(C)c(C)c2C)c1.[Cl-].[Cl-].[Cl-].[Ti+4]. The number of aryl methyl sites for hydroxylation is 3. The molecule has 0 atom stereocenters. The molecule has 0 aliphatic rings. The van der Waals surface area contributed by atoms with E-state index in [2.05, 4.69) is 89.2 Å². The Kier molecular flexibility index (Phi) is 12.8. The van der Waals surface area contributed by atoms with Gasteiger partial charge in [-0.25, -0.2) is 0 Å². The Hall–Kier alpha value is -0.626. The average Bonchev–Trinajstić information content (AvgIpc) is 2.76. The van der Waals surface area contributed by atoms with Gasteiger partial charge in [0, 0.05) is 0 Å². The van der Waals surface area contributed by atoms with E-state index >= 15 is 0 Å². The normalized spacial score (nSPS) is 9.56. The van der Waals surface area contributed by atoms with Gasteiger partial charge in [0.1, 0.15) is 0 Å². The first kappa shape index (κ1) is 28.6. The number of rotatable bonds is 3. The molecule has 0 bridgehead atoms. The molecule has 4 heteroatoms. The van der Waals surface area contributed by atoms with E-state index in [1.165, 1.54) is 44.5 Å². The van der Waals surface area contributed by atoms with E-state index in [1.54, 1.807) is 0 Å². The van der Waals surface area contributed by atoms with E-state index in [0.29, 0.717) is 5.92 Å². The fourth-order valence-electron chi connectivity index (χ4n) is 3.51. The summed E-state index contributed by atoms with van der Waals surface area (Å²) in [4.78, 5) is 0. The largest absolute Gasteiger partial charge is 4.00 e. The molecular weight excluding hydrogens is 430 g/mol. The molecule has 0 aliphatic carbocycles. The first-order valence-corrected chi connectivity index (χ1v) is 8.34. The molecule has 0 N–H and O–H groups in total. The van der Waals surface area contributed by atoms with Crippen molar-refractivity contribution < 1.29 is 58.9 Å². The van der Waals surface area contributed by atoms with Crippen LogP contribution in [0.3, 0.4) is 0 Å². The van der Waals surface area contributed by atoms with Gasteiger partial charge in [0.2, 0.25) is 0 Å². The Morgan fingerprint density at radius 2 is 1.15 bits per heavy atom. The van der Waals surface area contributed by atoms with Crippen molar-refractivity contribution >= 4 is 0 Å². The molecule has 0 aliphatic heterocycles. The van der Waals surface area contributed by atoms with Crippen LogP contribution in [-0.2, 0) is 21.7 Å². The first-order chi connectivity index (χ1) is 11.0. The Bertz CT molecular complexity index is 807. The Morgan fingerprint density at radius 1 is 0.704 bits per heavy atom. The Labute approximate surface area is 197 Å². The van der Waals surface area contributed by atoms with Gasteiger partial charge in [-0.2, -0.15) is 22.8 Å². The second-order valence-electron chi connectivity index (χ2n) is 6.79. The smallest absolute Gasteiger partial charge is 1.00 e. The van der Waals surface area contributed by atoms with Gasteiger partial charge in [0.25, 0.3) is 0 Å².